The molecule has 0 saturated carbocycles. The molecule has 4 nitrogen and oxygen atoms in total. The minimum absolute atomic E-state index is 0.170. The van der Waals surface area contributed by atoms with Crippen molar-refractivity contribution in [2.75, 3.05) is 12.8 Å². The van der Waals surface area contributed by atoms with E-state index in [9.17, 15) is 0 Å². The number of rotatable bonds is 4. The molecule has 1 saturated heterocycles. The summed E-state index contributed by atoms with van der Waals surface area (Å²) in [6.45, 7) is 6.67. The highest BCUT2D eigenvalue weighted by atomic mass is 32.2. The quantitative estimate of drug-likeness (QED) is 0.918. The zero-order chi connectivity index (χ0) is 13.1. The van der Waals surface area contributed by atoms with Crippen LogP contribution in [0.15, 0.2) is 4.52 Å². The number of nitrogens with zero attached hydrogens (tertiary/aromatic N) is 2. The Hall–Kier alpha value is -0.200. The van der Waals surface area contributed by atoms with E-state index in [1.807, 2.05) is 30.6 Å². The lowest BCUT2D eigenvalue weighted by molar-refractivity contribution is 0.331. The molecule has 0 bridgehead atoms. The summed E-state index contributed by atoms with van der Waals surface area (Å²) in [6.07, 6.45) is 0.956. The molecule has 1 fully saturated rings. The first-order valence-electron chi connectivity index (χ1n) is 6.43. The van der Waals surface area contributed by atoms with Gasteiger partial charge in [0.15, 0.2) is 5.82 Å². The third kappa shape index (κ3) is 3.03. The third-order valence-electron chi connectivity index (χ3n) is 3.35. The summed E-state index contributed by atoms with van der Waals surface area (Å²) in [5.74, 6) is 2.65. The van der Waals surface area contributed by atoms with Crippen LogP contribution in [0.1, 0.15) is 50.2 Å². The Bertz CT molecular complexity index is 381. The molecule has 0 spiro atoms. The Morgan fingerprint density at radius 3 is 2.83 bits per heavy atom. The van der Waals surface area contributed by atoms with Gasteiger partial charge >= 0.3 is 0 Å². The van der Waals surface area contributed by atoms with E-state index in [1.54, 1.807) is 0 Å². The number of hydrogen-bond acceptors (Lipinski definition) is 6. The molecule has 0 aromatic carbocycles. The first-order chi connectivity index (χ1) is 8.65. The molecule has 1 N–H and O–H groups in total. The summed E-state index contributed by atoms with van der Waals surface area (Å²) in [5, 5.41) is 9.06. The van der Waals surface area contributed by atoms with Gasteiger partial charge in [-0.3, -0.25) is 0 Å². The molecule has 0 aliphatic carbocycles. The van der Waals surface area contributed by atoms with Crippen LogP contribution >= 0.6 is 23.5 Å². The van der Waals surface area contributed by atoms with Gasteiger partial charge in [-0.1, -0.05) is 25.9 Å². The van der Waals surface area contributed by atoms with Crippen molar-refractivity contribution in [2.45, 2.75) is 49.0 Å². The minimum atomic E-state index is 0.170. The molecule has 0 amide bonds. The van der Waals surface area contributed by atoms with E-state index in [2.05, 4.69) is 36.2 Å². The van der Waals surface area contributed by atoms with Crippen molar-refractivity contribution in [3.05, 3.63) is 11.7 Å². The highest BCUT2D eigenvalue weighted by Crippen LogP contribution is 2.43. The lowest BCUT2D eigenvalue weighted by Crippen LogP contribution is -2.22. The average Bonchev–Trinajstić information content (AvgIpc) is 2.84. The van der Waals surface area contributed by atoms with Gasteiger partial charge < -0.3 is 9.84 Å². The monoisotopic (exact) mass is 287 g/mol. The molecular formula is C12H21N3OS2. The van der Waals surface area contributed by atoms with Crippen LogP contribution in [0.3, 0.4) is 0 Å². The second-order valence-electron chi connectivity index (χ2n) is 4.61. The van der Waals surface area contributed by atoms with Crippen molar-refractivity contribution in [2.24, 2.45) is 0 Å². The van der Waals surface area contributed by atoms with Gasteiger partial charge in [-0.05, 0) is 13.5 Å². The number of nitrogens with one attached hydrogen (secondary N) is 1. The Morgan fingerprint density at radius 2 is 2.22 bits per heavy atom. The molecule has 4 atom stereocenters. The molecule has 4 unspecified atom stereocenters. The van der Waals surface area contributed by atoms with Crippen LogP contribution in [-0.4, -0.2) is 33.4 Å². The van der Waals surface area contributed by atoms with E-state index in [0.29, 0.717) is 21.6 Å². The molecule has 102 valence electrons. The first-order valence-corrected chi connectivity index (χ1v) is 8.42. The predicted octanol–water partition coefficient (Wildman–Crippen LogP) is 3.04. The van der Waals surface area contributed by atoms with E-state index in [1.165, 1.54) is 0 Å². The fraction of sp³-hybridized carbons (Fsp3) is 0.833. The van der Waals surface area contributed by atoms with Crippen LogP contribution in [0, 0.1) is 0 Å². The topological polar surface area (TPSA) is 51.0 Å². The number of aromatic nitrogens is 2. The third-order valence-corrected chi connectivity index (χ3v) is 6.74. The molecule has 18 heavy (non-hydrogen) atoms. The zero-order valence-electron chi connectivity index (χ0n) is 11.3. The lowest BCUT2D eigenvalue weighted by Gasteiger charge is -2.29. The summed E-state index contributed by atoms with van der Waals surface area (Å²) in [4.78, 5) is 4.56. The molecular weight excluding hydrogens is 266 g/mol. The summed E-state index contributed by atoms with van der Waals surface area (Å²) < 4.78 is 5.38. The van der Waals surface area contributed by atoms with Crippen molar-refractivity contribution in [3.8, 4) is 0 Å². The highest BCUT2D eigenvalue weighted by molar-refractivity contribution is 8.07. The lowest BCUT2D eigenvalue weighted by atomic mass is 10.2. The van der Waals surface area contributed by atoms with Gasteiger partial charge in [0.1, 0.15) is 0 Å². The van der Waals surface area contributed by atoms with Crippen molar-refractivity contribution in [1.82, 2.24) is 15.5 Å². The Labute approximate surface area is 117 Å². The maximum Gasteiger partial charge on any atom is 0.243 e. The largest absolute Gasteiger partial charge is 0.338 e. The van der Waals surface area contributed by atoms with Crippen LogP contribution in [0.5, 0.6) is 0 Å². The Balaban J connectivity index is 2.06. The summed E-state index contributed by atoms with van der Waals surface area (Å²) >= 11 is 3.96. The van der Waals surface area contributed by atoms with Crippen molar-refractivity contribution in [1.29, 1.82) is 0 Å². The fourth-order valence-electron chi connectivity index (χ4n) is 1.94. The van der Waals surface area contributed by atoms with E-state index >= 15 is 0 Å². The Morgan fingerprint density at radius 1 is 1.44 bits per heavy atom. The maximum absolute atomic E-state index is 5.38. The summed E-state index contributed by atoms with van der Waals surface area (Å²) in [7, 11) is 1.92. The van der Waals surface area contributed by atoms with Crippen LogP contribution in [0.25, 0.3) is 0 Å². The Kier molecular flexibility index (Phi) is 4.98. The standard InChI is InChI=1S/C12H21N3OS2/c1-5-9(13-4)12-14-11(15-16-12)10-6-17-7(2)8(3)18-10/h7-10,13H,5-6H2,1-4H3. The van der Waals surface area contributed by atoms with Gasteiger partial charge in [0.05, 0.1) is 11.3 Å². The van der Waals surface area contributed by atoms with Gasteiger partial charge in [-0.15, -0.1) is 11.8 Å². The number of thioether (sulfide) groups is 2. The molecule has 0 radical (unpaired) electrons. The maximum atomic E-state index is 5.38. The molecule has 6 heteroatoms. The van der Waals surface area contributed by atoms with Gasteiger partial charge in [0, 0.05) is 16.3 Å². The van der Waals surface area contributed by atoms with Crippen molar-refractivity contribution >= 4 is 23.5 Å². The predicted molar refractivity (Wildman–Crippen MR) is 78.1 cm³/mol. The summed E-state index contributed by atoms with van der Waals surface area (Å²) in [5.41, 5.74) is 0. The molecule has 1 aromatic heterocycles. The minimum Gasteiger partial charge on any atom is -0.338 e. The second kappa shape index (κ2) is 6.30. The van der Waals surface area contributed by atoms with Gasteiger partial charge in [-0.2, -0.15) is 16.7 Å². The van der Waals surface area contributed by atoms with Crippen molar-refractivity contribution in [3.63, 3.8) is 0 Å². The van der Waals surface area contributed by atoms with Gasteiger partial charge in [-0.25, -0.2) is 0 Å². The molecule has 1 aromatic rings. The first kappa shape index (κ1) is 14.2. The zero-order valence-corrected chi connectivity index (χ0v) is 13.0. The van der Waals surface area contributed by atoms with Crippen LogP contribution < -0.4 is 5.32 Å². The SMILES string of the molecule is CCC(NC)c1nc(C2CSC(C)C(C)S2)no1. The molecule has 1 aliphatic heterocycles. The van der Waals surface area contributed by atoms with Gasteiger partial charge in [0.2, 0.25) is 5.89 Å². The molecule has 2 rings (SSSR count). The highest BCUT2D eigenvalue weighted by Gasteiger charge is 2.30. The van der Waals surface area contributed by atoms with E-state index in [0.717, 1.165) is 18.0 Å². The fourth-order valence-corrected chi connectivity index (χ4v) is 4.77. The van der Waals surface area contributed by atoms with Gasteiger partial charge in [0.25, 0.3) is 0 Å². The number of hydrogen-bond donors (Lipinski definition) is 1. The normalized spacial score (nSPS) is 30.3. The van der Waals surface area contributed by atoms with E-state index < -0.39 is 0 Å². The van der Waals surface area contributed by atoms with Crippen LogP contribution in [0.4, 0.5) is 0 Å². The molecule has 2 heterocycles. The van der Waals surface area contributed by atoms with E-state index in [4.69, 9.17) is 4.52 Å². The molecule has 1 aliphatic rings. The second-order valence-corrected chi connectivity index (χ2v) is 7.60. The van der Waals surface area contributed by atoms with Crippen LogP contribution in [0.2, 0.25) is 0 Å². The van der Waals surface area contributed by atoms with E-state index in [-0.39, 0.29) is 6.04 Å². The smallest absolute Gasteiger partial charge is 0.243 e. The van der Waals surface area contributed by atoms with Crippen LogP contribution in [-0.2, 0) is 0 Å². The average molecular weight is 287 g/mol. The summed E-state index contributed by atoms with van der Waals surface area (Å²) in [6, 6.07) is 0.170. The van der Waals surface area contributed by atoms with Crippen molar-refractivity contribution < 1.29 is 4.52 Å².